The van der Waals surface area contributed by atoms with E-state index >= 15 is 0 Å². The van der Waals surface area contributed by atoms with Crippen LogP contribution in [0.25, 0.3) is 0 Å². The second-order valence-electron chi connectivity index (χ2n) is 5.85. The van der Waals surface area contributed by atoms with E-state index in [0.29, 0.717) is 5.75 Å². The summed E-state index contributed by atoms with van der Waals surface area (Å²) in [5.74, 6) is 0.447. The summed E-state index contributed by atoms with van der Waals surface area (Å²) in [6, 6.07) is 12.5. The summed E-state index contributed by atoms with van der Waals surface area (Å²) in [5, 5.41) is -2.58. The highest BCUT2D eigenvalue weighted by atomic mass is 79.9. The van der Waals surface area contributed by atoms with Crippen LogP contribution >= 0.6 is 31.9 Å². The fourth-order valence-corrected chi connectivity index (χ4v) is 4.27. The monoisotopic (exact) mass is 544 g/mol. The number of hydrogen-bond acceptors (Lipinski definition) is 4. The van der Waals surface area contributed by atoms with Crippen LogP contribution in [0, 0.1) is 0 Å². The van der Waals surface area contributed by atoms with Crippen LogP contribution < -0.4 is 8.92 Å². The molecule has 0 saturated carbocycles. The number of hydrogen-bond donors (Lipinski definition) is 0. The first-order valence-corrected chi connectivity index (χ1v) is 11.5. The van der Waals surface area contributed by atoms with Crippen molar-refractivity contribution in [3.63, 3.8) is 0 Å². The smallest absolute Gasteiger partial charge is 0.408 e. The molecule has 28 heavy (non-hydrogen) atoms. The van der Waals surface area contributed by atoms with Crippen molar-refractivity contribution < 1.29 is 30.5 Å². The molecule has 1 unspecified atom stereocenters. The number of halogens is 5. The average molecular weight is 546 g/mol. The van der Waals surface area contributed by atoms with Gasteiger partial charge in [-0.15, -0.1) is 0 Å². The standard InChI is InChI=1S/C18H17Br2F3O4S/c1-2-5-16(18(21,22)23)28(24,25)27-15-9-4-8-14(11-15)26-13-7-3-6-12(10-13)17(19)20/h3-4,6-11,16-17H,2,5H2,1H3. The van der Waals surface area contributed by atoms with Gasteiger partial charge in [-0.3, -0.25) is 0 Å². The summed E-state index contributed by atoms with van der Waals surface area (Å²) < 4.78 is 73.8. The molecule has 0 N–H and O–H groups in total. The highest BCUT2D eigenvalue weighted by molar-refractivity contribution is 9.24. The largest absolute Gasteiger partial charge is 0.457 e. The molecule has 2 rings (SSSR count). The van der Waals surface area contributed by atoms with Crippen molar-refractivity contribution in [3.8, 4) is 17.2 Å². The molecule has 2 aromatic rings. The lowest BCUT2D eigenvalue weighted by atomic mass is 10.2. The summed E-state index contributed by atoms with van der Waals surface area (Å²) in [7, 11) is -4.90. The van der Waals surface area contributed by atoms with Gasteiger partial charge in [0.05, 0.1) is 3.74 Å². The lowest BCUT2D eigenvalue weighted by Crippen LogP contribution is -2.39. The van der Waals surface area contributed by atoms with Gasteiger partial charge < -0.3 is 8.92 Å². The van der Waals surface area contributed by atoms with E-state index in [0.717, 1.165) is 5.56 Å². The van der Waals surface area contributed by atoms with Gasteiger partial charge >= 0.3 is 16.3 Å². The SMILES string of the molecule is CCCC(C(F)(F)F)S(=O)(=O)Oc1cccc(Oc2cccc(C(Br)Br)c2)c1. The topological polar surface area (TPSA) is 52.6 Å². The molecule has 0 radical (unpaired) electrons. The van der Waals surface area contributed by atoms with E-state index in [9.17, 15) is 21.6 Å². The summed E-state index contributed by atoms with van der Waals surface area (Å²) in [4.78, 5) is 0. The van der Waals surface area contributed by atoms with Gasteiger partial charge in [0.2, 0.25) is 0 Å². The van der Waals surface area contributed by atoms with Gasteiger partial charge in [0.25, 0.3) is 0 Å². The molecule has 0 fully saturated rings. The van der Waals surface area contributed by atoms with E-state index in [-0.39, 0.29) is 21.7 Å². The normalized spacial score (nSPS) is 13.4. The van der Waals surface area contributed by atoms with Crippen molar-refractivity contribution in [1.29, 1.82) is 0 Å². The first-order chi connectivity index (χ1) is 13.0. The van der Waals surface area contributed by atoms with Crippen molar-refractivity contribution in [2.24, 2.45) is 0 Å². The summed E-state index contributed by atoms with van der Waals surface area (Å²) >= 11 is 6.74. The van der Waals surface area contributed by atoms with E-state index in [4.69, 9.17) is 8.92 Å². The maximum Gasteiger partial charge on any atom is 0.408 e. The molecule has 0 saturated heterocycles. The zero-order chi connectivity index (χ0) is 20.9. The van der Waals surface area contributed by atoms with Gasteiger partial charge in [-0.25, -0.2) is 0 Å². The molecular weight excluding hydrogens is 529 g/mol. The number of ether oxygens (including phenoxy) is 1. The summed E-state index contributed by atoms with van der Waals surface area (Å²) in [6.45, 7) is 1.47. The van der Waals surface area contributed by atoms with Gasteiger partial charge in [-0.1, -0.05) is 63.4 Å². The van der Waals surface area contributed by atoms with Crippen LogP contribution in [0.2, 0.25) is 0 Å². The van der Waals surface area contributed by atoms with Gasteiger partial charge in [-0.05, 0) is 36.2 Å². The number of alkyl halides is 5. The quantitative estimate of drug-likeness (QED) is 0.273. The minimum atomic E-state index is -4.91. The lowest BCUT2D eigenvalue weighted by Gasteiger charge is -2.20. The molecule has 154 valence electrons. The Hall–Kier alpha value is -1.26. The third-order valence-corrected chi connectivity index (χ3v) is 6.31. The van der Waals surface area contributed by atoms with Gasteiger partial charge in [0.15, 0.2) is 5.25 Å². The van der Waals surface area contributed by atoms with Crippen LogP contribution in [0.1, 0.15) is 29.1 Å². The molecule has 0 amide bonds. The van der Waals surface area contributed by atoms with E-state index in [1.807, 2.05) is 6.07 Å². The predicted molar refractivity (Wildman–Crippen MR) is 108 cm³/mol. The first kappa shape index (κ1) is 23.0. The summed E-state index contributed by atoms with van der Waals surface area (Å²) in [6.07, 6.45) is -5.44. The van der Waals surface area contributed by atoms with Crippen molar-refractivity contribution >= 4 is 42.0 Å². The molecule has 1 atom stereocenters. The Bertz CT molecular complexity index is 902. The molecule has 4 nitrogen and oxygen atoms in total. The fraction of sp³-hybridized carbons (Fsp3) is 0.333. The molecular formula is C18H17Br2F3O4S. The van der Waals surface area contributed by atoms with E-state index < -0.39 is 28.0 Å². The highest BCUT2D eigenvalue weighted by Crippen LogP contribution is 2.34. The Balaban J connectivity index is 2.22. The van der Waals surface area contributed by atoms with E-state index in [2.05, 4.69) is 31.9 Å². The second-order valence-corrected chi connectivity index (χ2v) is 10.6. The number of benzene rings is 2. The van der Waals surface area contributed by atoms with E-state index in [1.54, 1.807) is 24.3 Å². The zero-order valence-corrected chi connectivity index (χ0v) is 18.6. The minimum Gasteiger partial charge on any atom is -0.457 e. The Morgan fingerprint density at radius 1 is 1.00 bits per heavy atom. The van der Waals surface area contributed by atoms with Crippen LogP contribution in [0.3, 0.4) is 0 Å². The van der Waals surface area contributed by atoms with Crippen LogP contribution in [-0.2, 0) is 10.1 Å². The predicted octanol–water partition coefficient (Wildman–Crippen LogP) is 6.71. The lowest BCUT2D eigenvalue weighted by molar-refractivity contribution is -0.132. The maximum atomic E-state index is 13.1. The summed E-state index contributed by atoms with van der Waals surface area (Å²) in [5.41, 5.74) is 0.889. The van der Waals surface area contributed by atoms with Crippen molar-refractivity contribution in [2.45, 2.75) is 34.9 Å². The fourth-order valence-electron chi connectivity index (χ4n) is 2.37. The van der Waals surface area contributed by atoms with Gasteiger partial charge in [0.1, 0.15) is 17.2 Å². The number of rotatable bonds is 8. The molecule has 2 aromatic carbocycles. The first-order valence-electron chi connectivity index (χ1n) is 8.19. The van der Waals surface area contributed by atoms with E-state index in [1.165, 1.54) is 25.1 Å². The molecule has 0 aromatic heterocycles. The Morgan fingerprint density at radius 3 is 2.14 bits per heavy atom. The molecule has 0 spiro atoms. The van der Waals surface area contributed by atoms with Gasteiger partial charge in [-0.2, -0.15) is 21.6 Å². The molecule has 0 bridgehead atoms. The van der Waals surface area contributed by atoms with Crippen molar-refractivity contribution in [1.82, 2.24) is 0 Å². The van der Waals surface area contributed by atoms with Crippen LogP contribution in [-0.4, -0.2) is 19.8 Å². The van der Waals surface area contributed by atoms with Crippen LogP contribution in [0.5, 0.6) is 17.2 Å². The Labute approximate surface area is 178 Å². The van der Waals surface area contributed by atoms with Crippen LogP contribution in [0.15, 0.2) is 48.5 Å². The van der Waals surface area contributed by atoms with Crippen molar-refractivity contribution in [3.05, 3.63) is 54.1 Å². The zero-order valence-electron chi connectivity index (χ0n) is 14.6. The van der Waals surface area contributed by atoms with Gasteiger partial charge in [0, 0.05) is 6.07 Å². The molecule has 0 aliphatic heterocycles. The maximum absolute atomic E-state index is 13.1. The molecule has 0 aliphatic carbocycles. The average Bonchev–Trinajstić information content (AvgIpc) is 2.58. The second kappa shape index (κ2) is 9.49. The minimum absolute atomic E-state index is 0.0500. The molecule has 10 heteroatoms. The molecule has 0 aliphatic rings. The molecule has 0 heterocycles. The van der Waals surface area contributed by atoms with Crippen molar-refractivity contribution in [2.75, 3.05) is 0 Å². The third kappa shape index (κ3) is 6.38. The van der Waals surface area contributed by atoms with Crippen LogP contribution in [0.4, 0.5) is 13.2 Å². The highest BCUT2D eigenvalue weighted by Gasteiger charge is 2.49. The Kier molecular flexibility index (Phi) is 7.81. The Morgan fingerprint density at radius 2 is 1.57 bits per heavy atom. The third-order valence-electron chi connectivity index (χ3n) is 3.63.